The molecule has 0 heterocycles. The normalized spacial score (nSPS) is 9.94. The van der Waals surface area contributed by atoms with Crippen molar-refractivity contribution in [1.29, 1.82) is 0 Å². The summed E-state index contributed by atoms with van der Waals surface area (Å²) >= 11 is 0. The van der Waals surface area contributed by atoms with E-state index in [1.54, 1.807) is 12.1 Å². The quantitative estimate of drug-likeness (QED) is 0.452. The molecule has 0 saturated carbocycles. The number of nitrogen functional groups attached to an aromatic ring is 1. The summed E-state index contributed by atoms with van der Waals surface area (Å²) < 4.78 is 0. The van der Waals surface area contributed by atoms with Crippen molar-refractivity contribution in [2.75, 3.05) is 22.9 Å². The molecule has 1 amide bonds. The van der Waals surface area contributed by atoms with Crippen LogP contribution in [0.5, 0.6) is 0 Å². The van der Waals surface area contributed by atoms with E-state index in [1.807, 2.05) is 6.07 Å². The Morgan fingerprint density at radius 1 is 1.41 bits per heavy atom. The first kappa shape index (κ1) is 13.2. The molecule has 0 atom stereocenters. The maximum absolute atomic E-state index is 10.5. The van der Waals surface area contributed by atoms with Crippen LogP contribution in [0.1, 0.15) is 26.2 Å². The highest BCUT2D eigenvalue weighted by molar-refractivity contribution is 5.88. The fourth-order valence-corrected chi connectivity index (χ4v) is 1.51. The fourth-order valence-electron chi connectivity index (χ4n) is 1.51. The monoisotopic (exact) mass is 237 g/mol. The Hall–Kier alpha value is -1.91. The summed E-state index contributed by atoms with van der Waals surface area (Å²) in [6, 6.07) is 5.20. The molecule has 0 radical (unpaired) electrons. The molecule has 0 aliphatic carbocycles. The van der Waals surface area contributed by atoms with Gasteiger partial charge in [0.1, 0.15) is 0 Å². The van der Waals surface area contributed by atoms with Gasteiger partial charge in [0, 0.05) is 12.2 Å². The van der Waals surface area contributed by atoms with Gasteiger partial charge >= 0.3 is 6.09 Å². The van der Waals surface area contributed by atoms with Crippen LogP contribution in [-0.4, -0.2) is 17.7 Å². The highest BCUT2D eigenvalue weighted by Crippen LogP contribution is 2.22. The Labute approximate surface area is 101 Å². The Balaban J connectivity index is 2.53. The number of hydrogen-bond donors (Lipinski definition) is 4. The van der Waals surface area contributed by atoms with Gasteiger partial charge < -0.3 is 16.2 Å². The van der Waals surface area contributed by atoms with Crippen molar-refractivity contribution in [3.05, 3.63) is 18.2 Å². The van der Waals surface area contributed by atoms with Crippen molar-refractivity contribution in [3.8, 4) is 0 Å². The summed E-state index contributed by atoms with van der Waals surface area (Å²) in [7, 11) is 0. The van der Waals surface area contributed by atoms with Crippen LogP contribution >= 0.6 is 0 Å². The molecule has 94 valence electrons. The summed E-state index contributed by atoms with van der Waals surface area (Å²) in [5.74, 6) is 0. The van der Waals surface area contributed by atoms with Crippen LogP contribution in [0.3, 0.4) is 0 Å². The van der Waals surface area contributed by atoms with Crippen molar-refractivity contribution in [3.63, 3.8) is 0 Å². The summed E-state index contributed by atoms with van der Waals surface area (Å²) in [4.78, 5) is 10.5. The first-order chi connectivity index (χ1) is 8.13. The van der Waals surface area contributed by atoms with E-state index in [1.165, 1.54) is 12.8 Å². The minimum absolute atomic E-state index is 0.414. The largest absolute Gasteiger partial charge is 0.465 e. The van der Waals surface area contributed by atoms with Crippen molar-refractivity contribution in [2.45, 2.75) is 26.2 Å². The number of anilines is 3. The molecule has 0 aromatic heterocycles. The lowest BCUT2D eigenvalue weighted by Crippen LogP contribution is -2.09. The fraction of sp³-hybridized carbons (Fsp3) is 0.417. The van der Waals surface area contributed by atoms with E-state index >= 15 is 0 Å². The molecule has 17 heavy (non-hydrogen) atoms. The molecule has 5 nitrogen and oxygen atoms in total. The molecule has 0 bridgehead atoms. The van der Waals surface area contributed by atoms with Crippen molar-refractivity contribution in [1.82, 2.24) is 0 Å². The van der Waals surface area contributed by atoms with Gasteiger partial charge in [-0.25, -0.2) is 4.79 Å². The SMILES string of the molecule is CCCCCNc1ccc(NC(=O)O)c(N)c1. The minimum atomic E-state index is -1.11. The van der Waals surface area contributed by atoms with Gasteiger partial charge in [0.2, 0.25) is 0 Å². The van der Waals surface area contributed by atoms with Crippen molar-refractivity contribution < 1.29 is 9.90 Å². The van der Waals surface area contributed by atoms with Gasteiger partial charge in [-0.1, -0.05) is 19.8 Å². The number of carbonyl (C=O) groups is 1. The van der Waals surface area contributed by atoms with Gasteiger partial charge in [-0.3, -0.25) is 5.32 Å². The number of hydrogen-bond acceptors (Lipinski definition) is 3. The maximum Gasteiger partial charge on any atom is 0.409 e. The van der Waals surface area contributed by atoms with E-state index in [-0.39, 0.29) is 0 Å². The molecule has 1 aromatic carbocycles. The number of rotatable bonds is 6. The highest BCUT2D eigenvalue weighted by Gasteiger charge is 2.03. The zero-order chi connectivity index (χ0) is 12.7. The van der Waals surface area contributed by atoms with Crippen molar-refractivity contribution >= 4 is 23.2 Å². The molecule has 0 spiro atoms. The lowest BCUT2D eigenvalue weighted by Gasteiger charge is -2.09. The van der Waals surface area contributed by atoms with Crippen LogP contribution < -0.4 is 16.4 Å². The van der Waals surface area contributed by atoms with Gasteiger partial charge in [-0.15, -0.1) is 0 Å². The lowest BCUT2D eigenvalue weighted by atomic mass is 10.2. The zero-order valence-electron chi connectivity index (χ0n) is 9.99. The first-order valence-electron chi connectivity index (χ1n) is 5.77. The van der Waals surface area contributed by atoms with Gasteiger partial charge in [0.25, 0.3) is 0 Å². The molecule has 5 heteroatoms. The molecule has 1 aromatic rings. The Bertz CT molecular complexity index is 380. The second kappa shape index (κ2) is 6.62. The number of carboxylic acid groups (broad SMARTS) is 1. The Kier molecular flexibility index (Phi) is 5.13. The van der Waals surface area contributed by atoms with Crippen LogP contribution in [0.2, 0.25) is 0 Å². The zero-order valence-corrected chi connectivity index (χ0v) is 9.99. The maximum atomic E-state index is 10.5. The van der Waals surface area contributed by atoms with Crippen LogP contribution in [-0.2, 0) is 0 Å². The van der Waals surface area contributed by atoms with Gasteiger partial charge in [0.05, 0.1) is 11.4 Å². The van der Waals surface area contributed by atoms with E-state index in [0.29, 0.717) is 11.4 Å². The number of amides is 1. The molecule has 1 rings (SSSR count). The topological polar surface area (TPSA) is 87.4 Å². The third-order valence-corrected chi connectivity index (χ3v) is 2.40. The van der Waals surface area contributed by atoms with Crippen LogP contribution in [0.15, 0.2) is 18.2 Å². The van der Waals surface area contributed by atoms with Gasteiger partial charge in [-0.05, 0) is 24.6 Å². The molecular weight excluding hydrogens is 218 g/mol. The van der Waals surface area contributed by atoms with Gasteiger partial charge in [-0.2, -0.15) is 0 Å². The Morgan fingerprint density at radius 3 is 2.76 bits per heavy atom. The standard InChI is InChI=1S/C12H19N3O2/c1-2-3-4-7-14-9-5-6-11(10(13)8-9)15-12(16)17/h5-6,8,14-15H,2-4,7,13H2,1H3,(H,16,17). The molecule has 0 aliphatic heterocycles. The van der Waals surface area contributed by atoms with Crippen LogP contribution in [0.25, 0.3) is 0 Å². The predicted octanol–water partition coefficient (Wildman–Crippen LogP) is 2.96. The van der Waals surface area contributed by atoms with Gasteiger partial charge in [0.15, 0.2) is 0 Å². The summed E-state index contributed by atoms with van der Waals surface area (Å²) in [6.45, 7) is 3.06. The van der Waals surface area contributed by atoms with E-state index in [2.05, 4.69) is 17.6 Å². The number of nitrogens with one attached hydrogen (secondary N) is 2. The Morgan fingerprint density at radius 2 is 2.18 bits per heavy atom. The molecule has 0 fully saturated rings. The lowest BCUT2D eigenvalue weighted by molar-refractivity contribution is 0.210. The summed E-state index contributed by atoms with van der Waals surface area (Å²) in [5, 5.41) is 14.1. The van der Waals surface area contributed by atoms with E-state index in [0.717, 1.165) is 18.7 Å². The number of benzene rings is 1. The van der Waals surface area contributed by atoms with E-state index < -0.39 is 6.09 Å². The second-order valence-electron chi connectivity index (χ2n) is 3.87. The summed E-state index contributed by atoms with van der Waals surface area (Å²) in [6.07, 6.45) is 2.39. The van der Waals surface area contributed by atoms with Crippen LogP contribution in [0, 0.1) is 0 Å². The molecule has 0 unspecified atom stereocenters. The molecule has 0 aliphatic rings. The highest BCUT2D eigenvalue weighted by atomic mass is 16.4. The molecule has 5 N–H and O–H groups in total. The van der Waals surface area contributed by atoms with Crippen LogP contribution in [0.4, 0.5) is 21.9 Å². The first-order valence-corrected chi connectivity index (χ1v) is 5.77. The average molecular weight is 237 g/mol. The number of nitrogens with two attached hydrogens (primary N) is 1. The predicted molar refractivity (Wildman–Crippen MR) is 70.5 cm³/mol. The second-order valence-corrected chi connectivity index (χ2v) is 3.87. The minimum Gasteiger partial charge on any atom is -0.465 e. The smallest absolute Gasteiger partial charge is 0.409 e. The van der Waals surface area contributed by atoms with Crippen molar-refractivity contribution in [2.24, 2.45) is 0 Å². The number of unbranched alkanes of at least 4 members (excludes halogenated alkanes) is 2. The molecular formula is C12H19N3O2. The third kappa shape index (κ3) is 4.63. The molecule has 0 saturated heterocycles. The van der Waals surface area contributed by atoms with E-state index in [4.69, 9.17) is 10.8 Å². The van der Waals surface area contributed by atoms with E-state index in [9.17, 15) is 4.79 Å². The average Bonchev–Trinajstić information content (AvgIpc) is 2.27. The summed E-state index contributed by atoms with van der Waals surface area (Å²) in [5.41, 5.74) is 7.48. The third-order valence-electron chi connectivity index (χ3n) is 2.40.